The van der Waals surface area contributed by atoms with Crippen LogP contribution < -0.4 is 0 Å². The lowest BCUT2D eigenvalue weighted by Gasteiger charge is -2.31. The number of carbonyl (C=O) groups is 1. The first-order valence-electron chi connectivity index (χ1n) is 7.26. The van der Waals surface area contributed by atoms with Gasteiger partial charge in [0.05, 0.1) is 16.4 Å². The Balaban J connectivity index is 2.09. The van der Waals surface area contributed by atoms with E-state index in [0.29, 0.717) is 17.8 Å². The van der Waals surface area contributed by atoms with E-state index >= 15 is 0 Å². The molecule has 1 aliphatic rings. The first-order valence-corrected chi connectivity index (χ1v) is 8.07. The number of aliphatic hydroxyl groups is 2. The lowest BCUT2D eigenvalue weighted by molar-refractivity contribution is 0.0625. The Hall–Kier alpha value is -1.35. The predicted octanol–water partition coefficient (Wildman–Crippen LogP) is 1.63. The van der Waals surface area contributed by atoms with E-state index in [1.54, 1.807) is 0 Å². The van der Waals surface area contributed by atoms with Gasteiger partial charge in [0, 0.05) is 26.1 Å². The molecule has 21 heavy (non-hydrogen) atoms. The second-order valence-corrected chi connectivity index (χ2v) is 6.39. The van der Waals surface area contributed by atoms with Gasteiger partial charge in [-0.3, -0.25) is 4.79 Å². The molecule has 0 spiro atoms. The molecule has 4 nitrogen and oxygen atoms in total. The number of hydrogen-bond donors (Lipinski definition) is 2. The van der Waals surface area contributed by atoms with Gasteiger partial charge in [-0.2, -0.15) is 0 Å². The molecule has 0 aromatic carbocycles. The molecule has 1 aliphatic heterocycles. The molecular formula is C16H21NO3S. The Labute approximate surface area is 129 Å². The summed E-state index contributed by atoms with van der Waals surface area (Å²) in [6.45, 7) is 3.54. The van der Waals surface area contributed by atoms with Crippen molar-refractivity contribution in [2.24, 2.45) is 5.92 Å². The van der Waals surface area contributed by atoms with E-state index in [0.717, 1.165) is 29.8 Å². The van der Waals surface area contributed by atoms with Gasteiger partial charge in [0.2, 0.25) is 0 Å². The molecule has 5 heteroatoms. The van der Waals surface area contributed by atoms with Crippen molar-refractivity contribution < 1.29 is 15.0 Å². The summed E-state index contributed by atoms with van der Waals surface area (Å²) in [5.74, 6) is 6.14. The normalized spacial score (nSPS) is 18.2. The first kappa shape index (κ1) is 16.0. The van der Waals surface area contributed by atoms with Crippen LogP contribution in [0.2, 0.25) is 0 Å². The average molecular weight is 307 g/mol. The van der Waals surface area contributed by atoms with E-state index in [1.807, 2.05) is 17.9 Å². The summed E-state index contributed by atoms with van der Waals surface area (Å²) in [5.41, 5.74) is 1.00. The fourth-order valence-corrected chi connectivity index (χ4v) is 3.48. The predicted molar refractivity (Wildman–Crippen MR) is 83.4 cm³/mol. The Morgan fingerprint density at radius 3 is 3.05 bits per heavy atom. The fourth-order valence-electron chi connectivity index (χ4n) is 2.46. The molecule has 2 rings (SSSR count). The summed E-state index contributed by atoms with van der Waals surface area (Å²) in [6.07, 6.45) is 2.39. The molecule has 1 unspecified atom stereocenters. The molecule has 0 radical (unpaired) electrons. The van der Waals surface area contributed by atoms with Crippen molar-refractivity contribution in [1.29, 1.82) is 0 Å². The molecule has 1 aromatic heterocycles. The minimum atomic E-state index is 0.0384. The third kappa shape index (κ3) is 4.07. The molecule has 1 saturated heterocycles. The van der Waals surface area contributed by atoms with Crippen LogP contribution in [-0.2, 0) is 0 Å². The van der Waals surface area contributed by atoms with E-state index < -0.39 is 0 Å². The molecule has 114 valence electrons. The molecule has 0 aliphatic carbocycles. The number of amides is 1. The number of likely N-dealkylation sites (tertiary alicyclic amines) is 1. The molecule has 0 bridgehead atoms. The lowest BCUT2D eigenvalue weighted by Crippen LogP contribution is -2.40. The maximum atomic E-state index is 12.5. The van der Waals surface area contributed by atoms with Crippen LogP contribution in [0.5, 0.6) is 0 Å². The number of carbonyl (C=O) groups excluding carboxylic acids is 1. The smallest absolute Gasteiger partial charge is 0.263 e. The quantitative estimate of drug-likeness (QED) is 0.835. The zero-order valence-corrected chi connectivity index (χ0v) is 13.1. The zero-order valence-electron chi connectivity index (χ0n) is 12.3. The van der Waals surface area contributed by atoms with Crippen LogP contribution >= 0.6 is 11.3 Å². The van der Waals surface area contributed by atoms with E-state index in [2.05, 4.69) is 11.8 Å². The van der Waals surface area contributed by atoms with Gasteiger partial charge in [-0.05, 0) is 37.3 Å². The van der Waals surface area contributed by atoms with Crippen LogP contribution in [0.15, 0.2) is 6.07 Å². The van der Waals surface area contributed by atoms with Gasteiger partial charge in [0.25, 0.3) is 5.91 Å². The SMILES string of the molecule is Cc1cc(C(=O)N2CCCC(CO)C2)sc1C#CCCO. The molecule has 1 atom stereocenters. The highest BCUT2D eigenvalue weighted by Gasteiger charge is 2.25. The van der Waals surface area contributed by atoms with Crippen LogP contribution in [0.4, 0.5) is 0 Å². The molecule has 2 N–H and O–H groups in total. The average Bonchev–Trinajstić information content (AvgIpc) is 2.88. The van der Waals surface area contributed by atoms with Gasteiger partial charge in [-0.1, -0.05) is 11.8 Å². The second kappa shape index (κ2) is 7.60. The summed E-state index contributed by atoms with van der Waals surface area (Å²) < 4.78 is 0. The minimum absolute atomic E-state index is 0.0384. The number of thiophene rings is 1. The van der Waals surface area contributed by atoms with Gasteiger partial charge in [0.1, 0.15) is 0 Å². The third-order valence-electron chi connectivity index (χ3n) is 3.63. The van der Waals surface area contributed by atoms with Crippen molar-refractivity contribution in [3.63, 3.8) is 0 Å². The maximum Gasteiger partial charge on any atom is 0.263 e. The van der Waals surface area contributed by atoms with Gasteiger partial charge in [-0.25, -0.2) is 0 Å². The highest BCUT2D eigenvalue weighted by atomic mass is 32.1. The van der Waals surface area contributed by atoms with Crippen molar-refractivity contribution in [2.75, 3.05) is 26.3 Å². The van der Waals surface area contributed by atoms with Crippen molar-refractivity contribution in [3.05, 3.63) is 21.4 Å². The van der Waals surface area contributed by atoms with Crippen LogP contribution in [0.25, 0.3) is 0 Å². The summed E-state index contributed by atoms with van der Waals surface area (Å²) >= 11 is 1.41. The summed E-state index contributed by atoms with van der Waals surface area (Å²) in [5, 5.41) is 18.0. The van der Waals surface area contributed by atoms with E-state index in [9.17, 15) is 9.90 Å². The third-order valence-corrected chi connectivity index (χ3v) is 4.77. The Bertz CT molecular complexity index is 556. The van der Waals surface area contributed by atoms with E-state index in [1.165, 1.54) is 11.3 Å². The Kier molecular flexibility index (Phi) is 5.80. The number of aliphatic hydroxyl groups excluding tert-OH is 2. The van der Waals surface area contributed by atoms with Crippen LogP contribution in [0.3, 0.4) is 0 Å². The van der Waals surface area contributed by atoms with Gasteiger partial charge >= 0.3 is 0 Å². The Morgan fingerprint density at radius 2 is 2.33 bits per heavy atom. The van der Waals surface area contributed by atoms with Crippen LogP contribution in [0.1, 0.15) is 39.4 Å². The molecule has 1 aromatic rings. The summed E-state index contributed by atoms with van der Waals surface area (Å²) in [4.78, 5) is 16.0. The minimum Gasteiger partial charge on any atom is -0.396 e. The van der Waals surface area contributed by atoms with Crippen molar-refractivity contribution in [3.8, 4) is 11.8 Å². The molecule has 1 amide bonds. The van der Waals surface area contributed by atoms with E-state index in [4.69, 9.17) is 5.11 Å². The first-order chi connectivity index (χ1) is 10.2. The number of piperidine rings is 1. The second-order valence-electron chi connectivity index (χ2n) is 5.34. The van der Waals surface area contributed by atoms with Crippen molar-refractivity contribution >= 4 is 17.2 Å². The largest absolute Gasteiger partial charge is 0.396 e. The summed E-state index contributed by atoms with van der Waals surface area (Å²) in [6, 6.07) is 1.89. The van der Waals surface area contributed by atoms with Crippen LogP contribution in [-0.4, -0.2) is 47.3 Å². The Morgan fingerprint density at radius 1 is 1.52 bits per heavy atom. The molecule has 1 fully saturated rings. The van der Waals surface area contributed by atoms with Crippen molar-refractivity contribution in [1.82, 2.24) is 4.90 Å². The van der Waals surface area contributed by atoms with Gasteiger partial charge < -0.3 is 15.1 Å². The van der Waals surface area contributed by atoms with Gasteiger partial charge in [-0.15, -0.1) is 11.3 Å². The standard InChI is InChI=1S/C16H21NO3S/c1-12-9-15(21-14(12)6-2-3-8-18)16(20)17-7-4-5-13(10-17)11-19/h9,13,18-19H,3-5,7-8,10-11H2,1H3. The van der Waals surface area contributed by atoms with Gasteiger partial charge in [0.15, 0.2) is 0 Å². The number of nitrogens with zero attached hydrogens (tertiary/aromatic N) is 1. The number of hydrogen-bond acceptors (Lipinski definition) is 4. The zero-order chi connectivity index (χ0) is 15.2. The van der Waals surface area contributed by atoms with E-state index in [-0.39, 0.29) is 25.0 Å². The molecule has 0 saturated carbocycles. The molecule has 2 heterocycles. The van der Waals surface area contributed by atoms with Crippen LogP contribution in [0, 0.1) is 24.7 Å². The highest BCUT2D eigenvalue weighted by Crippen LogP contribution is 2.25. The number of rotatable bonds is 3. The number of aryl methyl sites for hydroxylation is 1. The van der Waals surface area contributed by atoms with Crippen molar-refractivity contribution in [2.45, 2.75) is 26.2 Å². The lowest BCUT2D eigenvalue weighted by atomic mass is 9.99. The fraction of sp³-hybridized carbons (Fsp3) is 0.562. The topological polar surface area (TPSA) is 60.8 Å². The highest BCUT2D eigenvalue weighted by molar-refractivity contribution is 7.14. The maximum absolute atomic E-state index is 12.5. The molecular weight excluding hydrogens is 286 g/mol. The monoisotopic (exact) mass is 307 g/mol. The summed E-state index contributed by atoms with van der Waals surface area (Å²) in [7, 11) is 0.